The minimum atomic E-state index is 0.245. The first-order valence-electron chi connectivity index (χ1n) is 5.72. The maximum Gasteiger partial charge on any atom is 0.103 e. The van der Waals surface area contributed by atoms with E-state index in [9.17, 15) is 0 Å². The van der Waals surface area contributed by atoms with Gasteiger partial charge in [0, 0.05) is 20.2 Å². The van der Waals surface area contributed by atoms with E-state index in [1.165, 1.54) is 0 Å². The number of hydrogen-bond acceptors (Lipinski definition) is 3. The lowest BCUT2D eigenvalue weighted by atomic mass is 10.1. The van der Waals surface area contributed by atoms with Crippen molar-refractivity contribution in [3.8, 4) is 6.07 Å². The van der Waals surface area contributed by atoms with Gasteiger partial charge in [0.1, 0.15) is 6.07 Å². The first kappa shape index (κ1) is 12.2. The molecule has 1 atom stereocenters. The van der Waals surface area contributed by atoms with Crippen LogP contribution in [0.3, 0.4) is 0 Å². The summed E-state index contributed by atoms with van der Waals surface area (Å²) in [7, 11) is 1.73. The molecule has 0 bridgehead atoms. The number of anilines is 1. The molecule has 0 N–H and O–H groups in total. The fourth-order valence-corrected chi connectivity index (χ4v) is 2.45. The summed E-state index contributed by atoms with van der Waals surface area (Å²) in [6, 6.07) is 7.76. The molecular weight excluding hydrogens is 236 g/mol. The summed E-state index contributed by atoms with van der Waals surface area (Å²) in [5.41, 5.74) is 1.48. The fourth-order valence-electron chi connectivity index (χ4n) is 2.24. The van der Waals surface area contributed by atoms with Crippen LogP contribution in [0.15, 0.2) is 18.2 Å². The van der Waals surface area contributed by atoms with Gasteiger partial charge in [0.2, 0.25) is 0 Å². The van der Waals surface area contributed by atoms with Crippen molar-refractivity contribution >= 4 is 17.3 Å². The molecule has 1 saturated heterocycles. The van der Waals surface area contributed by atoms with Crippen LogP contribution in [0.1, 0.15) is 18.4 Å². The van der Waals surface area contributed by atoms with Crippen molar-refractivity contribution < 1.29 is 4.74 Å². The van der Waals surface area contributed by atoms with Gasteiger partial charge >= 0.3 is 0 Å². The van der Waals surface area contributed by atoms with E-state index in [2.05, 4.69) is 11.0 Å². The Labute approximate surface area is 107 Å². The average molecular weight is 251 g/mol. The minimum absolute atomic E-state index is 0.245. The Balaban J connectivity index is 2.28. The molecule has 4 heteroatoms. The maximum absolute atomic E-state index is 9.16. The Hall–Kier alpha value is -1.24. The van der Waals surface area contributed by atoms with Crippen LogP contribution in [0.5, 0.6) is 0 Å². The van der Waals surface area contributed by atoms with Crippen molar-refractivity contribution in [3.05, 3.63) is 28.8 Å². The summed E-state index contributed by atoms with van der Waals surface area (Å²) >= 11 is 6.04. The number of halogens is 1. The van der Waals surface area contributed by atoms with Gasteiger partial charge in [-0.15, -0.1) is 0 Å². The first-order valence-corrected chi connectivity index (χ1v) is 6.10. The number of nitriles is 1. The van der Waals surface area contributed by atoms with Gasteiger partial charge in [0.25, 0.3) is 0 Å². The third-order valence-corrected chi connectivity index (χ3v) is 3.47. The fraction of sp³-hybridized carbons (Fsp3) is 0.462. The number of benzene rings is 1. The highest BCUT2D eigenvalue weighted by Gasteiger charge is 2.22. The molecule has 0 aliphatic carbocycles. The third-order valence-electron chi connectivity index (χ3n) is 3.16. The second-order valence-corrected chi connectivity index (χ2v) is 4.60. The SMILES string of the molecule is COC1CCCN(c2cccc(Cl)c2C#N)C1. The Morgan fingerprint density at radius 2 is 2.35 bits per heavy atom. The zero-order chi connectivity index (χ0) is 12.3. The highest BCUT2D eigenvalue weighted by molar-refractivity contribution is 6.32. The Bertz CT molecular complexity index is 442. The van der Waals surface area contributed by atoms with Crippen molar-refractivity contribution in [3.63, 3.8) is 0 Å². The topological polar surface area (TPSA) is 36.3 Å². The molecule has 2 rings (SSSR count). The van der Waals surface area contributed by atoms with Crippen molar-refractivity contribution in [2.75, 3.05) is 25.1 Å². The molecule has 1 heterocycles. The summed E-state index contributed by atoms with van der Waals surface area (Å²) in [5.74, 6) is 0. The molecule has 0 spiro atoms. The van der Waals surface area contributed by atoms with Gasteiger partial charge in [-0.05, 0) is 25.0 Å². The summed E-state index contributed by atoms with van der Waals surface area (Å²) < 4.78 is 5.39. The molecule has 0 saturated carbocycles. The van der Waals surface area contributed by atoms with Crippen LogP contribution < -0.4 is 4.90 Å². The molecule has 1 aliphatic rings. The van der Waals surface area contributed by atoms with Gasteiger partial charge < -0.3 is 9.64 Å². The van der Waals surface area contributed by atoms with Gasteiger partial charge in [-0.1, -0.05) is 17.7 Å². The lowest BCUT2D eigenvalue weighted by Crippen LogP contribution is -2.39. The van der Waals surface area contributed by atoms with E-state index >= 15 is 0 Å². The molecule has 1 fully saturated rings. The number of nitrogens with zero attached hydrogens (tertiary/aromatic N) is 2. The van der Waals surface area contributed by atoms with E-state index in [-0.39, 0.29) is 6.10 Å². The molecule has 17 heavy (non-hydrogen) atoms. The van der Waals surface area contributed by atoms with Gasteiger partial charge in [0.05, 0.1) is 22.4 Å². The van der Waals surface area contributed by atoms with E-state index in [1.807, 2.05) is 12.1 Å². The summed E-state index contributed by atoms with van der Waals surface area (Å²) in [6.07, 6.45) is 2.40. The third kappa shape index (κ3) is 2.54. The van der Waals surface area contributed by atoms with Crippen molar-refractivity contribution in [2.24, 2.45) is 0 Å². The van der Waals surface area contributed by atoms with E-state index in [4.69, 9.17) is 21.6 Å². The zero-order valence-electron chi connectivity index (χ0n) is 9.82. The summed E-state index contributed by atoms with van der Waals surface area (Å²) in [6.45, 7) is 1.78. The molecule has 90 valence electrons. The minimum Gasteiger partial charge on any atom is -0.380 e. The number of methoxy groups -OCH3 is 1. The second kappa shape index (κ2) is 5.39. The predicted molar refractivity (Wildman–Crippen MR) is 68.4 cm³/mol. The van der Waals surface area contributed by atoms with Crippen LogP contribution in [-0.2, 0) is 4.74 Å². The van der Waals surface area contributed by atoms with Crippen LogP contribution in [0, 0.1) is 11.3 Å². The average Bonchev–Trinajstić information content (AvgIpc) is 2.38. The van der Waals surface area contributed by atoms with E-state index < -0.39 is 0 Å². The molecule has 1 aliphatic heterocycles. The standard InChI is InChI=1S/C13H15ClN2O/c1-17-10-4-3-7-16(9-10)13-6-2-5-12(14)11(13)8-15/h2,5-6,10H,3-4,7,9H2,1H3. The van der Waals surface area contributed by atoms with E-state index in [1.54, 1.807) is 13.2 Å². The smallest absolute Gasteiger partial charge is 0.103 e. The molecule has 1 unspecified atom stereocenters. The molecule has 1 aromatic rings. The van der Waals surface area contributed by atoms with Crippen LogP contribution >= 0.6 is 11.6 Å². The largest absolute Gasteiger partial charge is 0.380 e. The van der Waals surface area contributed by atoms with Gasteiger partial charge in [-0.2, -0.15) is 5.26 Å². The first-order chi connectivity index (χ1) is 8.26. The highest BCUT2D eigenvalue weighted by atomic mass is 35.5. The molecular formula is C13H15ClN2O. The van der Waals surface area contributed by atoms with E-state index in [0.717, 1.165) is 31.6 Å². The molecule has 1 aromatic carbocycles. The molecule has 0 aromatic heterocycles. The van der Waals surface area contributed by atoms with Crippen molar-refractivity contribution in [2.45, 2.75) is 18.9 Å². The van der Waals surface area contributed by atoms with Crippen LogP contribution in [0.25, 0.3) is 0 Å². The Morgan fingerprint density at radius 1 is 1.53 bits per heavy atom. The number of ether oxygens (including phenoxy) is 1. The molecule has 0 amide bonds. The lowest BCUT2D eigenvalue weighted by molar-refractivity contribution is 0.0893. The maximum atomic E-state index is 9.16. The van der Waals surface area contributed by atoms with Crippen molar-refractivity contribution in [1.82, 2.24) is 0 Å². The Kier molecular flexibility index (Phi) is 3.88. The Morgan fingerprint density at radius 3 is 3.06 bits per heavy atom. The van der Waals surface area contributed by atoms with Crippen LogP contribution in [0.2, 0.25) is 5.02 Å². The molecule has 3 nitrogen and oxygen atoms in total. The van der Waals surface area contributed by atoms with Crippen LogP contribution in [0.4, 0.5) is 5.69 Å². The van der Waals surface area contributed by atoms with Gasteiger partial charge in [-0.3, -0.25) is 0 Å². The quantitative estimate of drug-likeness (QED) is 0.810. The van der Waals surface area contributed by atoms with Crippen molar-refractivity contribution in [1.29, 1.82) is 5.26 Å². The normalized spacial score (nSPS) is 20.1. The molecule has 0 radical (unpaired) electrons. The van der Waals surface area contributed by atoms with Gasteiger partial charge in [-0.25, -0.2) is 0 Å². The monoisotopic (exact) mass is 250 g/mol. The number of rotatable bonds is 2. The van der Waals surface area contributed by atoms with Gasteiger partial charge in [0.15, 0.2) is 0 Å². The second-order valence-electron chi connectivity index (χ2n) is 4.19. The predicted octanol–water partition coefficient (Wildman–Crippen LogP) is 2.83. The summed E-state index contributed by atoms with van der Waals surface area (Å²) in [4.78, 5) is 2.18. The lowest BCUT2D eigenvalue weighted by Gasteiger charge is -2.34. The zero-order valence-corrected chi connectivity index (χ0v) is 10.6. The number of piperidine rings is 1. The summed E-state index contributed by atoms with van der Waals surface area (Å²) in [5, 5.41) is 9.68. The highest BCUT2D eigenvalue weighted by Crippen LogP contribution is 2.29. The van der Waals surface area contributed by atoms with E-state index in [0.29, 0.717) is 10.6 Å². The van der Waals surface area contributed by atoms with Crippen LogP contribution in [-0.4, -0.2) is 26.3 Å². The number of hydrogen-bond donors (Lipinski definition) is 0.